The molecule has 0 saturated carbocycles. The van der Waals surface area contributed by atoms with Crippen molar-refractivity contribution in [2.45, 2.75) is 37.5 Å². The Morgan fingerprint density at radius 1 is 1.21 bits per heavy atom. The molecular formula is C15H20F3N5O. The molecule has 3 heterocycles. The van der Waals surface area contributed by atoms with E-state index in [1.165, 1.54) is 6.33 Å². The van der Waals surface area contributed by atoms with E-state index < -0.39 is 24.7 Å². The van der Waals surface area contributed by atoms with Crippen molar-refractivity contribution in [3.8, 4) is 0 Å². The zero-order chi connectivity index (χ0) is 17.2. The summed E-state index contributed by atoms with van der Waals surface area (Å²) in [7, 11) is 0. The van der Waals surface area contributed by atoms with E-state index in [1.807, 2.05) is 4.90 Å². The summed E-state index contributed by atoms with van der Waals surface area (Å²) in [5, 5.41) is 3.32. The van der Waals surface area contributed by atoms with Gasteiger partial charge in [-0.05, 0) is 25.3 Å². The van der Waals surface area contributed by atoms with E-state index in [2.05, 4.69) is 15.3 Å². The molecule has 0 aromatic carbocycles. The second-order valence-corrected chi connectivity index (χ2v) is 6.23. The number of anilines is 1. The number of carbonyl (C=O) groups is 1. The molecule has 2 aliphatic rings. The molecule has 0 spiro atoms. The Morgan fingerprint density at radius 2 is 1.96 bits per heavy atom. The van der Waals surface area contributed by atoms with Crippen LogP contribution in [0.2, 0.25) is 0 Å². The molecule has 2 fully saturated rings. The Hall–Kier alpha value is -1.90. The summed E-state index contributed by atoms with van der Waals surface area (Å²) >= 11 is 0. The third-order valence-corrected chi connectivity index (χ3v) is 4.54. The summed E-state index contributed by atoms with van der Waals surface area (Å²) in [5.74, 6) is 0.367. The van der Waals surface area contributed by atoms with Gasteiger partial charge in [-0.1, -0.05) is 0 Å². The number of aromatic nitrogens is 2. The minimum atomic E-state index is -4.33. The number of nitrogens with zero attached hydrogens (tertiary/aromatic N) is 4. The second-order valence-electron chi connectivity index (χ2n) is 6.23. The summed E-state index contributed by atoms with van der Waals surface area (Å²) in [4.78, 5) is 23.1. The summed E-state index contributed by atoms with van der Waals surface area (Å²) in [6, 6.07) is 1.63. The highest BCUT2D eigenvalue weighted by Gasteiger charge is 2.42. The lowest BCUT2D eigenvalue weighted by Crippen LogP contribution is -2.48. The molecule has 24 heavy (non-hydrogen) atoms. The van der Waals surface area contributed by atoms with Gasteiger partial charge in [-0.25, -0.2) is 9.97 Å². The van der Waals surface area contributed by atoms with Gasteiger partial charge >= 0.3 is 6.18 Å². The van der Waals surface area contributed by atoms with Gasteiger partial charge in [0.05, 0.1) is 6.04 Å². The van der Waals surface area contributed by atoms with Gasteiger partial charge in [-0.15, -0.1) is 0 Å². The summed E-state index contributed by atoms with van der Waals surface area (Å²) in [6.45, 7) is 0.425. The maximum Gasteiger partial charge on any atom is 0.406 e. The third kappa shape index (κ3) is 4.14. The number of halogens is 3. The highest BCUT2D eigenvalue weighted by Crippen LogP contribution is 2.25. The van der Waals surface area contributed by atoms with Crippen LogP contribution in [0.3, 0.4) is 0 Å². The van der Waals surface area contributed by atoms with Crippen LogP contribution in [0.25, 0.3) is 0 Å². The smallest absolute Gasteiger partial charge is 0.367 e. The van der Waals surface area contributed by atoms with Crippen LogP contribution < -0.4 is 5.32 Å². The lowest BCUT2D eigenvalue weighted by molar-refractivity contribution is -0.159. The van der Waals surface area contributed by atoms with Crippen molar-refractivity contribution < 1.29 is 18.0 Å². The molecule has 0 bridgehead atoms. The Bertz CT molecular complexity index is 560. The molecule has 2 saturated heterocycles. The van der Waals surface area contributed by atoms with Gasteiger partial charge in [0.15, 0.2) is 0 Å². The average molecular weight is 343 g/mol. The van der Waals surface area contributed by atoms with E-state index >= 15 is 0 Å². The molecule has 6 nitrogen and oxygen atoms in total. The van der Waals surface area contributed by atoms with Crippen molar-refractivity contribution in [3.63, 3.8) is 0 Å². The Morgan fingerprint density at radius 3 is 2.58 bits per heavy atom. The Labute approximate surface area is 138 Å². The molecule has 1 atom stereocenters. The van der Waals surface area contributed by atoms with E-state index in [4.69, 9.17) is 0 Å². The molecule has 1 unspecified atom stereocenters. The van der Waals surface area contributed by atoms with Gasteiger partial charge in [0.1, 0.15) is 18.7 Å². The number of nitrogens with one attached hydrogen (secondary N) is 1. The molecule has 1 N–H and O–H groups in total. The normalized spacial score (nSPS) is 23.7. The predicted octanol–water partition coefficient (Wildman–Crippen LogP) is 1.52. The standard InChI is InChI=1S/C15H20F3N5O/c16-15(17,18)9-23-8-4-12(14(23)24)22-6-2-11(3-7-22)21-13-1-5-19-10-20-13/h1,5,10-12H,2-4,6-9H2,(H,19,20,21). The summed E-state index contributed by atoms with van der Waals surface area (Å²) < 4.78 is 37.4. The van der Waals surface area contributed by atoms with Crippen LogP contribution in [-0.4, -0.2) is 70.1 Å². The first-order valence-electron chi connectivity index (χ1n) is 8.04. The van der Waals surface area contributed by atoms with Crippen LogP contribution in [0.4, 0.5) is 19.0 Å². The van der Waals surface area contributed by atoms with Crippen LogP contribution in [0.5, 0.6) is 0 Å². The fourth-order valence-electron chi connectivity index (χ4n) is 3.38. The van der Waals surface area contributed by atoms with Crippen molar-refractivity contribution in [1.29, 1.82) is 0 Å². The van der Waals surface area contributed by atoms with E-state index in [9.17, 15) is 18.0 Å². The first-order chi connectivity index (χ1) is 11.4. The second kappa shape index (κ2) is 6.92. The van der Waals surface area contributed by atoms with E-state index in [1.54, 1.807) is 12.3 Å². The molecule has 9 heteroatoms. The van der Waals surface area contributed by atoms with E-state index in [-0.39, 0.29) is 12.6 Å². The van der Waals surface area contributed by atoms with E-state index in [0.717, 1.165) is 23.6 Å². The molecule has 1 aromatic rings. The first-order valence-corrected chi connectivity index (χ1v) is 8.04. The number of alkyl halides is 3. The fourth-order valence-corrected chi connectivity index (χ4v) is 3.38. The highest BCUT2D eigenvalue weighted by atomic mass is 19.4. The van der Waals surface area contributed by atoms with Crippen molar-refractivity contribution in [1.82, 2.24) is 19.8 Å². The first kappa shape index (κ1) is 16.9. The highest BCUT2D eigenvalue weighted by molar-refractivity contribution is 5.84. The number of hydrogen-bond donors (Lipinski definition) is 1. The van der Waals surface area contributed by atoms with Crippen LogP contribution in [0.15, 0.2) is 18.6 Å². The quantitative estimate of drug-likeness (QED) is 0.898. The maximum atomic E-state index is 12.5. The van der Waals surface area contributed by atoms with Crippen LogP contribution >= 0.6 is 0 Å². The molecular weight excluding hydrogens is 323 g/mol. The number of hydrogen-bond acceptors (Lipinski definition) is 5. The summed E-state index contributed by atoms with van der Waals surface area (Å²) in [6.07, 6.45) is 0.929. The number of amides is 1. The van der Waals surface area contributed by atoms with Crippen molar-refractivity contribution >= 4 is 11.7 Å². The lowest BCUT2D eigenvalue weighted by Gasteiger charge is -2.35. The summed E-state index contributed by atoms with van der Waals surface area (Å²) in [5.41, 5.74) is 0. The fraction of sp³-hybridized carbons (Fsp3) is 0.667. The average Bonchev–Trinajstić information content (AvgIpc) is 2.88. The molecule has 3 rings (SSSR count). The lowest BCUT2D eigenvalue weighted by atomic mass is 10.0. The minimum Gasteiger partial charge on any atom is -0.367 e. The van der Waals surface area contributed by atoms with Crippen LogP contribution in [0, 0.1) is 0 Å². The zero-order valence-electron chi connectivity index (χ0n) is 13.2. The van der Waals surface area contributed by atoms with Crippen molar-refractivity contribution in [2.75, 3.05) is 31.5 Å². The van der Waals surface area contributed by atoms with Gasteiger partial charge in [-0.2, -0.15) is 13.2 Å². The third-order valence-electron chi connectivity index (χ3n) is 4.54. The van der Waals surface area contributed by atoms with Gasteiger partial charge in [-0.3, -0.25) is 9.69 Å². The number of likely N-dealkylation sites (tertiary alicyclic amines) is 2. The van der Waals surface area contributed by atoms with Gasteiger partial charge in [0, 0.05) is 31.9 Å². The van der Waals surface area contributed by atoms with Gasteiger partial charge in [0.25, 0.3) is 0 Å². The van der Waals surface area contributed by atoms with Crippen molar-refractivity contribution in [3.05, 3.63) is 18.6 Å². The molecule has 132 valence electrons. The van der Waals surface area contributed by atoms with Gasteiger partial charge in [0.2, 0.25) is 5.91 Å². The van der Waals surface area contributed by atoms with Crippen LogP contribution in [-0.2, 0) is 4.79 Å². The Kier molecular flexibility index (Phi) is 4.88. The SMILES string of the molecule is O=C1C(N2CCC(Nc3ccncn3)CC2)CCN1CC(F)(F)F. The number of rotatable bonds is 4. The molecule has 0 aliphatic carbocycles. The largest absolute Gasteiger partial charge is 0.406 e. The molecule has 2 aliphatic heterocycles. The maximum absolute atomic E-state index is 12.5. The number of carbonyl (C=O) groups excluding carboxylic acids is 1. The number of piperidine rings is 1. The van der Waals surface area contributed by atoms with E-state index in [0.29, 0.717) is 19.5 Å². The molecule has 0 radical (unpaired) electrons. The molecule has 1 aromatic heterocycles. The topological polar surface area (TPSA) is 61.4 Å². The Balaban J connectivity index is 1.49. The monoisotopic (exact) mass is 343 g/mol. The van der Waals surface area contributed by atoms with Crippen LogP contribution in [0.1, 0.15) is 19.3 Å². The minimum absolute atomic E-state index is 0.183. The van der Waals surface area contributed by atoms with Crippen molar-refractivity contribution in [2.24, 2.45) is 0 Å². The molecule has 1 amide bonds. The zero-order valence-corrected chi connectivity index (χ0v) is 13.2. The predicted molar refractivity (Wildman–Crippen MR) is 81.3 cm³/mol. The van der Waals surface area contributed by atoms with Gasteiger partial charge < -0.3 is 10.2 Å².